The topological polar surface area (TPSA) is 126 Å². The van der Waals surface area contributed by atoms with Gasteiger partial charge in [0.25, 0.3) is 0 Å². The average Bonchev–Trinajstić information content (AvgIpc) is 3.31. The van der Waals surface area contributed by atoms with Crippen LogP contribution >= 0.6 is 0 Å². The largest absolute Gasteiger partial charge is 0.433 e. The summed E-state index contributed by atoms with van der Waals surface area (Å²) in [6, 6.07) is 10.3. The van der Waals surface area contributed by atoms with Gasteiger partial charge in [0.1, 0.15) is 17.2 Å². The number of alkyl halides is 3. The van der Waals surface area contributed by atoms with Crippen molar-refractivity contribution in [1.29, 1.82) is 0 Å². The standard InChI is InChI=1S/C27H23F4N7O2S/c1-26(18-4-3-9-32-13-18,19-6-7-22(33-14-19)27(29,30)31)37-23-8-5-16(24(28)36-23)10-17-12-34-25-21(17)11-20(15-35-25)38-41(2,39)40/h3-9,11-15,38H,10H2,1-2H3,(H,34,35)(H,36,37). The van der Waals surface area contributed by atoms with Gasteiger partial charge in [0.15, 0.2) is 0 Å². The van der Waals surface area contributed by atoms with Gasteiger partial charge in [-0.05, 0) is 36.8 Å². The Labute approximate surface area is 232 Å². The molecule has 5 aromatic rings. The normalized spacial score (nSPS) is 13.6. The molecule has 0 bridgehead atoms. The molecular weight excluding hydrogens is 562 g/mol. The Morgan fingerprint density at radius 3 is 2.39 bits per heavy atom. The minimum absolute atomic E-state index is 0.131. The summed E-state index contributed by atoms with van der Waals surface area (Å²) in [6.45, 7) is 1.71. The van der Waals surface area contributed by atoms with E-state index in [9.17, 15) is 21.6 Å². The van der Waals surface area contributed by atoms with Gasteiger partial charge in [-0.3, -0.25) is 14.7 Å². The molecule has 0 radical (unpaired) electrons. The Bertz CT molecular complexity index is 1810. The molecule has 5 rings (SSSR count). The number of H-pyrrole nitrogens is 1. The van der Waals surface area contributed by atoms with Crippen LogP contribution in [0.15, 0.2) is 73.4 Å². The highest BCUT2D eigenvalue weighted by Crippen LogP contribution is 2.35. The zero-order valence-corrected chi connectivity index (χ0v) is 22.5. The van der Waals surface area contributed by atoms with Crippen molar-refractivity contribution in [3.05, 3.63) is 107 Å². The molecule has 0 aliphatic carbocycles. The number of hydrogen-bond donors (Lipinski definition) is 3. The number of anilines is 2. The van der Waals surface area contributed by atoms with E-state index in [-0.39, 0.29) is 23.5 Å². The highest BCUT2D eigenvalue weighted by atomic mass is 32.2. The number of hydrogen-bond acceptors (Lipinski definition) is 7. The second-order valence-corrected chi connectivity index (χ2v) is 11.3. The molecule has 0 saturated carbocycles. The van der Waals surface area contributed by atoms with Gasteiger partial charge in [-0.25, -0.2) is 18.4 Å². The van der Waals surface area contributed by atoms with Crippen LogP contribution < -0.4 is 10.0 Å². The number of nitrogens with zero attached hydrogens (tertiary/aromatic N) is 4. The molecule has 0 amide bonds. The lowest BCUT2D eigenvalue weighted by Crippen LogP contribution is -2.34. The first-order valence-corrected chi connectivity index (χ1v) is 14.0. The van der Waals surface area contributed by atoms with Gasteiger partial charge in [-0.2, -0.15) is 17.6 Å². The number of sulfonamides is 1. The molecule has 0 saturated heterocycles. The molecule has 0 fully saturated rings. The van der Waals surface area contributed by atoms with Gasteiger partial charge >= 0.3 is 6.18 Å². The zero-order chi connectivity index (χ0) is 29.4. The Kier molecular flexibility index (Phi) is 7.11. The molecule has 1 atom stereocenters. The van der Waals surface area contributed by atoms with Gasteiger partial charge in [0.2, 0.25) is 16.0 Å². The van der Waals surface area contributed by atoms with E-state index >= 15 is 4.39 Å². The lowest BCUT2D eigenvalue weighted by Gasteiger charge is -2.32. The molecule has 0 aliphatic rings. The van der Waals surface area contributed by atoms with E-state index in [4.69, 9.17) is 0 Å². The van der Waals surface area contributed by atoms with E-state index in [1.54, 1.807) is 55.8 Å². The van der Waals surface area contributed by atoms with Crippen molar-refractivity contribution < 1.29 is 26.0 Å². The fraction of sp³-hybridized carbons (Fsp3) is 0.185. The maximum atomic E-state index is 15.3. The lowest BCUT2D eigenvalue weighted by atomic mass is 9.86. The summed E-state index contributed by atoms with van der Waals surface area (Å²) in [7, 11) is -3.51. The maximum absolute atomic E-state index is 15.3. The first kappa shape index (κ1) is 28.0. The number of rotatable bonds is 8. The molecule has 0 spiro atoms. The molecule has 5 aromatic heterocycles. The van der Waals surface area contributed by atoms with Crippen molar-refractivity contribution in [2.45, 2.75) is 25.1 Å². The Morgan fingerprint density at radius 2 is 1.76 bits per heavy atom. The van der Waals surface area contributed by atoms with Crippen molar-refractivity contribution in [2.24, 2.45) is 0 Å². The van der Waals surface area contributed by atoms with Crippen LogP contribution in [0.2, 0.25) is 0 Å². The van der Waals surface area contributed by atoms with Crippen LogP contribution in [0.5, 0.6) is 0 Å². The van der Waals surface area contributed by atoms with Gasteiger partial charge in [-0.1, -0.05) is 18.2 Å². The van der Waals surface area contributed by atoms with Gasteiger partial charge in [-0.15, -0.1) is 0 Å². The molecule has 3 N–H and O–H groups in total. The van der Waals surface area contributed by atoms with Crippen molar-refractivity contribution in [3.8, 4) is 0 Å². The molecule has 0 aliphatic heterocycles. The summed E-state index contributed by atoms with van der Waals surface area (Å²) in [5.74, 6) is -0.625. The molecule has 41 heavy (non-hydrogen) atoms. The summed E-state index contributed by atoms with van der Waals surface area (Å²) in [5, 5.41) is 3.75. The van der Waals surface area contributed by atoms with Crippen molar-refractivity contribution in [3.63, 3.8) is 0 Å². The molecule has 212 valence electrons. The Balaban J connectivity index is 1.44. The molecule has 1 unspecified atom stereocenters. The summed E-state index contributed by atoms with van der Waals surface area (Å²) < 4.78 is 80.2. The number of aromatic amines is 1. The van der Waals surface area contributed by atoms with Gasteiger partial charge < -0.3 is 10.3 Å². The monoisotopic (exact) mass is 585 g/mol. The Hall–Kier alpha value is -4.59. The smallest absolute Gasteiger partial charge is 0.356 e. The van der Waals surface area contributed by atoms with Crippen LogP contribution in [0.3, 0.4) is 0 Å². The van der Waals surface area contributed by atoms with E-state index in [2.05, 4.69) is 35.0 Å². The number of fused-ring (bicyclic) bond motifs is 1. The molecule has 5 heterocycles. The summed E-state index contributed by atoms with van der Waals surface area (Å²) in [4.78, 5) is 19.0. The Morgan fingerprint density at radius 1 is 0.976 bits per heavy atom. The first-order valence-electron chi connectivity index (χ1n) is 12.1. The molecule has 9 nitrogen and oxygen atoms in total. The minimum atomic E-state index is -4.59. The van der Waals surface area contributed by atoms with Crippen LogP contribution in [-0.4, -0.2) is 39.6 Å². The van der Waals surface area contributed by atoms with Crippen LogP contribution in [0.25, 0.3) is 11.0 Å². The van der Waals surface area contributed by atoms with E-state index in [0.29, 0.717) is 27.7 Å². The molecular formula is C27H23F4N7O2S. The van der Waals surface area contributed by atoms with Gasteiger partial charge in [0.05, 0.1) is 23.7 Å². The zero-order valence-electron chi connectivity index (χ0n) is 21.7. The van der Waals surface area contributed by atoms with E-state index < -0.39 is 33.4 Å². The predicted molar refractivity (Wildman–Crippen MR) is 145 cm³/mol. The van der Waals surface area contributed by atoms with Crippen LogP contribution in [-0.2, 0) is 28.2 Å². The second kappa shape index (κ2) is 10.4. The first-order chi connectivity index (χ1) is 19.3. The van der Waals surface area contributed by atoms with Crippen LogP contribution in [0.1, 0.15) is 34.9 Å². The van der Waals surface area contributed by atoms with E-state index in [1.807, 2.05) is 0 Å². The van der Waals surface area contributed by atoms with Gasteiger partial charge in [0, 0.05) is 53.3 Å². The molecule has 0 aromatic carbocycles. The number of aromatic nitrogens is 5. The summed E-state index contributed by atoms with van der Waals surface area (Å²) in [5.41, 5.74) is 0.494. The fourth-order valence-corrected chi connectivity index (χ4v) is 4.97. The van der Waals surface area contributed by atoms with Crippen molar-refractivity contribution in [1.82, 2.24) is 24.9 Å². The van der Waals surface area contributed by atoms with E-state index in [1.165, 1.54) is 12.3 Å². The lowest BCUT2D eigenvalue weighted by molar-refractivity contribution is -0.141. The summed E-state index contributed by atoms with van der Waals surface area (Å²) >= 11 is 0. The predicted octanol–water partition coefficient (Wildman–Crippen LogP) is 5.24. The SMILES string of the molecule is CC(Nc1ccc(Cc2c[nH]c3ncc(NS(C)(=O)=O)cc23)c(F)n1)(c1cccnc1)c1ccc(C(F)(F)F)nc1. The molecule has 14 heteroatoms. The number of pyridine rings is 4. The third-order valence-corrected chi connectivity index (χ3v) is 7.08. The number of nitrogens with one attached hydrogen (secondary N) is 3. The highest BCUT2D eigenvalue weighted by Gasteiger charge is 2.35. The third-order valence-electron chi connectivity index (χ3n) is 6.48. The second-order valence-electron chi connectivity index (χ2n) is 9.55. The highest BCUT2D eigenvalue weighted by molar-refractivity contribution is 7.92. The van der Waals surface area contributed by atoms with E-state index in [0.717, 1.165) is 18.5 Å². The summed E-state index contributed by atoms with van der Waals surface area (Å²) in [6.07, 6.45) is 3.82. The van der Waals surface area contributed by atoms with Crippen LogP contribution in [0.4, 0.5) is 29.1 Å². The van der Waals surface area contributed by atoms with Crippen molar-refractivity contribution in [2.75, 3.05) is 16.3 Å². The minimum Gasteiger partial charge on any atom is -0.356 e. The average molecular weight is 586 g/mol. The quantitative estimate of drug-likeness (QED) is 0.168. The number of halogens is 4. The van der Waals surface area contributed by atoms with Crippen LogP contribution in [0, 0.1) is 5.95 Å². The van der Waals surface area contributed by atoms with Crippen molar-refractivity contribution >= 4 is 32.6 Å². The maximum Gasteiger partial charge on any atom is 0.433 e. The fourth-order valence-electron chi connectivity index (χ4n) is 4.43. The third kappa shape index (κ3) is 6.11.